The lowest BCUT2D eigenvalue weighted by Gasteiger charge is -2.26. The van der Waals surface area contributed by atoms with Crippen molar-refractivity contribution >= 4 is 10.2 Å². The van der Waals surface area contributed by atoms with Crippen LogP contribution in [0.2, 0.25) is 0 Å². The van der Waals surface area contributed by atoms with E-state index in [0.717, 1.165) is 24.8 Å². The van der Waals surface area contributed by atoms with Crippen LogP contribution in [0.4, 0.5) is 0 Å². The number of nitrogens with one attached hydrogen (secondary N) is 1. The van der Waals surface area contributed by atoms with Gasteiger partial charge < -0.3 is 5.11 Å². The molecule has 6 heteroatoms. The minimum absolute atomic E-state index is 0.00625. The Labute approximate surface area is 139 Å². The fourth-order valence-corrected chi connectivity index (χ4v) is 3.99. The summed E-state index contributed by atoms with van der Waals surface area (Å²) in [6.07, 6.45) is 2.04. The smallest absolute Gasteiger partial charge is 0.279 e. The Bertz CT molecular complexity index is 600. The highest BCUT2D eigenvalue weighted by Gasteiger charge is 2.24. The molecule has 23 heavy (non-hydrogen) atoms. The van der Waals surface area contributed by atoms with Crippen molar-refractivity contribution in [1.29, 1.82) is 0 Å². The molecule has 0 spiro atoms. The summed E-state index contributed by atoms with van der Waals surface area (Å²) in [5.41, 5.74) is 1.96. The van der Waals surface area contributed by atoms with Crippen LogP contribution in [0.15, 0.2) is 24.3 Å². The van der Waals surface area contributed by atoms with E-state index in [1.165, 1.54) is 9.87 Å². The molecule has 0 aliphatic carbocycles. The molecule has 2 N–H and O–H groups in total. The lowest BCUT2D eigenvalue weighted by atomic mass is 9.86. The van der Waals surface area contributed by atoms with Gasteiger partial charge in [0.15, 0.2) is 0 Å². The van der Waals surface area contributed by atoms with E-state index in [-0.39, 0.29) is 12.0 Å². The van der Waals surface area contributed by atoms with E-state index in [2.05, 4.69) is 25.5 Å². The van der Waals surface area contributed by atoms with E-state index in [0.29, 0.717) is 13.1 Å². The normalized spacial score (nSPS) is 18.8. The van der Waals surface area contributed by atoms with Gasteiger partial charge in [0, 0.05) is 19.6 Å². The molecule has 1 aliphatic heterocycles. The van der Waals surface area contributed by atoms with E-state index in [1.54, 1.807) is 0 Å². The summed E-state index contributed by atoms with van der Waals surface area (Å²) >= 11 is 0. The van der Waals surface area contributed by atoms with Crippen LogP contribution in [0.3, 0.4) is 0 Å². The van der Waals surface area contributed by atoms with Crippen molar-refractivity contribution < 1.29 is 13.5 Å². The molecule has 1 atom stereocenters. The van der Waals surface area contributed by atoms with Gasteiger partial charge in [0.2, 0.25) is 0 Å². The van der Waals surface area contributed by atoms with Gasteiger partial charge in [0.25, 0.3) is 10.2 Å². The van der Waals surface area contributed by atoms with Gasteiger partial charge in [0.05, 0.1) is 6.10 Å². The van der Waals surface area contributed by atoms with E-state index in [9.17, 15) is 13.5 Å². The maximum atomic E-state index is 12.2. The number of rotatable bonds is 5. The number of aliphatic hydroxyl groups is 1. The van der Waals surface area contributed by atoms with Crippen LogP contribution in [0.5, 0.6) is 0 Å². The predicted molar refractivity (Wildman–Crippen MR) is 92.4 cm³/mol. The first-order chi connectivity index (χ1) is 10.7. The number of nitrogens with zero attached hydrogens (tertiary/aromatic N) is 1. The van der Waals surface area contributed by atoms with E-state index in [4.69, 9.17) is 0 Å². The van der Waals surface area contributed by atoms with Crippen molar-refractivity contribution in [3.8, 4) is 0 Å². The van der Waals surface area contributed by atoms with Crippen molar-refractivity contribution in [3.63, 3.8) is 0 Å². The summed E-state index contributed by atoms with van der Waals surface area (Å²) in [6, 6.07) is 7.69. The largest absolute Gasteiger partial charge is 0.387 e. The Hall–Kier alpha value is -0.950. The average Bonchev–Trinajstić information content (AvgIpc) is 2.53. The van der Waals surface area contributed by atoms with Gasteiger partial charge >= 0.3 is 0 Å². The Morgan fingerprint density at radius 2 is 1.70 bits per heavy atom. The third-order valence-corrected chi connectivity index (χ3v) is 5.85. The van der Waals surface area contributed by atoms with Crippen LogP contribution < -0.4 is 4.72 Å². The molecular weight excluding hydrogens is 312 g/mol. The minimum Gasteiger partial charge on any atom is -0.387 e. The molecule has 0 radical (unpaired) electrons. The average molecular weight is 340 g/mol. The van der Waals surface area contributed by atoms with Gasteiger partial charge in [-0.25, -0.2) is 0 Å². The zero-order valence-corrected chi connectivity index (χ0v) is 15.1. The molecule has 1 aromatic rings. The Kier molecular flexibility index (Phi) is 5.84. The molecular formula is C17H28N2O3S. The van der Waals surface area contributed by atoms with Crippen molar-refractivity contribution in [2.75, 3.05) is 19.6 Å². The Balaban J connectivity index is 1.95. The van der Waals surface area contributed by atoms with Crippen molar-refractivity contribution in [3.05, 3.63) is 35.4 Å². The van der Waals surface area contributed by atoms with Crippen LogP contribution >= 0.6 is 0 Å². The highest BCUT2D eigenvalue weighted by atomic mass is 32.2. The number of hydrogen-bond acceptors (Lipinski definition) is 3. The first-order valence-electron chi connectivity index (χ1n) is 8.23. The molecule has 2 rings (SSSR count). The van der Waals surface area contributed by atoms with Crippen LogP contribution in [-0.4, -0.2) is 37.5 Å². The van der Waals surface area contributed by atoms with Gasteiger partial charge in [-0.2, -0.15) is 17.4 Å². The fourth-order valence-electron chi connectivity index (χ4n) is 2.70. The zero-order valence-electron chi connectivity index (χ0n) is 14.2. The second-order valence-electron chi connectivity index (χ2n) is 7.20. The van der Waals surface area contributed by atoms with E-state index < -0.39 is 16.3 Å². The zero-order chi connectivity index (χ0) is 17.1. The Morgan fingerprint density at radius 3 is 2.22 bits per heavy atom. The van der Waals surface area contributed by atoms with Crippen molar-refractivity contribution in [1.82, 2.24) is 9.03 Å². The van der Waals surface area contributed by atoms with Gasteiger partial charge in [-0.3, -0.25) is 0 Å². The van der Waals surface area contributed by atoms with Gasteiger partial charge in [-0.1, -0.05) is 51.5 Å². The third kappa shape index (κ3) is 5.01. The highest BCUT2D eigenvalue weighted by molar-refractivity contribution is 7.87. The van der Waals surface area contributed by atoms with E-state index >= 15 is 0 Å². The second kappa shape index (κ2) is 7.30. The highest BCUT2D eigenvalue weighted by Crippen LogP contribution is 2.24. The quantitative estimate of drug-likeness (QED) is 0.864. The van der Waals surface area contributed by atoms with Crippen LogP contribution in [0.1, 0.15) is 57.3 Å². The molecule has 1 fully saturated rings. The predicted octanol–water partition coefficient (Wildman–Crippen LogP) is 2.34. The molecule has 0 saturated carbocycles. The molecule has 1 heterocycles. The molecule has 1 aliphatic rings. The summed E-state index contributed by atoms with van der Waals surface area (Å²) in [4.78, 5) is 0. The molecule has 0 aromatic heterocycles. The topological polar surface area (TPSA) is 69.6 Å². The number of hydrogen-bond donors (Lipinski definition) is 2. The summed E-state index contributed by atoms with van der Waals surface area (Å²) in [5.74, 6) is 0. The first-order valence-corrected chi connectivity index (χ1v) is 9.67. The summed E-state index contributed by atoms with van der Waals surface area (Å²) in [6.45, 7) is 7.51. The number of benzene rings is 1. The maximum Gasteiger partial charge on any atom is 0.279 e. The third-order valence-electron chi connectivity index (χ3n) is 4.28. The molecule has 1 aromatic carbocycles. The Morgan fingerprint density at radius 1 is 1.13 bits per heavy atom. The summed E-state index contributed by atoms with van der Waals surface area (Å²) < 4.78 is 28.4. The molecule has 1 saturated heterocycles. The van der Waals surface area contributed by atoms with Crippen LogP contribution in [0, 0.1) is 0 Å². The van der Waals surface area contributed by atoms with Crippen LogP contribution in [-0.2, 0) is 15.6 Å². The van der Waals surface area contributed by atoms with E-state index in [1.807, 2.05) is 24.3 Å². The molecule has 0 bridgehead atoms. The second-order valence-corrected chi connectivity index (χ2v) is 8.96. The lowest BCUT2D eigenvalue weighted by Crippen LogP contribution is -2.44. The fraction of sp³-hybridized carbons (Fsp3) is 0.647. The lowest BCUT2D eigenvalue weighted by molar-refractivity contribution is 0.180. The van der Waals surface area contributed by atoms with Crippen molar-refractivity contribution in [2.45, 2.75) is 51.6 Å². The van der Waals surface area contributed by atoms with Crippen LogP contribution in [0.25, 0.3) is 0 Å². The maximum absolute atomic E-state index is 12.2. The number of aliphatic hydroxyl groups excluding tert-OH is 1. The van der Waals surface area contributed by atoms with Gasteiger partial charge in [-0.05, 0) is 29.4 Å². The molecule has 130 valence electrons. The molecule has 1 unspecified atom stereocenters. The standard InChI is InChI=1S/C17H28N2O3S/c1-17(2,3)15-9-7-14(8-10-15)16(20)13-18-23(21,22)19-11-5-4-6-12-19/h7-10,16,18,20H,4-6,11-13H2,1-3H3. The first kappa shape index (κ1) is 18.4. The summed E-state index contributed by atoms with van der Waals surface area (Å²) in [7, 11) is -3.49. The monoisotopic (exact) mass is 340 g/mol. The van der Waals surface area contributed by atoms with Gasteiger partial charge in [-0.15, -0.1) is 0 Å². The number of piperidine rings is 1. The molecule has 5 nitrogen and oxygen atoms in total. The minimum atomic E-state index is -3.49. The van der Waals surface area contributed by atoms with Gasteiger partial charge in [0.1, 0.15) is 0 Å². The summed E-state index contributed by atoms with van der Waals surface area (Å²) in [5, 5.41) is 10.2. The molecule has 0 amide bonds. The SMILES string of the molecule is CC(C)(C)c1ccc(C(O)CNS(=O)(=O)N2CCCCC2)cc1. The van der Waals surface area contributed by atoms with Crippen molar-refractivity contribution in [2.24, 2.45) is 0 Å².